The molecule has 0 fully saturated rings. The van der Waals surface area contributed by atoms with Crippen LogP contribution in [0, 0.1) is 0 Å². The van der Waals surface area contributed by atoms with Crippen molar-refractivity contribution >= 4 is 20.9 Å². The van der Waals surface area contributed by atoms with Crippen LogP contribution in [-0.2, 0) is 0 Å². The fourth-order valence-electron chi connectivity index (χ4n) is 1.14. The van der Waals surface area contributed by atoms with Crippen LogP contribution in [0.4, 0.5) is 15.5 Å². The Bertz CT molecular complexity index is 529. The Morgan fingerprint density at radius 3 is 2.27 bits per heavy atom. The summed E-state index contributed by atoms with van der Waals surface area (Å²) >= 11 is 0. The first-order valence-corrected chi connectivity index (χ1v) is 6.32. The summed E-state index contributed by atoms with van der Waals surface area (Å²) in [6.07, 6.45) is -0.318. The van der Waals surface area contributed by atoms with Crippen LogP contribution < -0.4 is 0 Å². The molecule has 0 spiro atoms. The van der Waals surface area contributed by atoms with E-state index in [0.717, 1.165) is 6.07 Å². The van der Waals surface area contributed by atoms with Gasteiger partial charge in [0.1, 0.15) is 11.0 Å². The molecule has 2 rings (SSSR count). The summed E-state index contributed by atoms with van der Waals surface area (Å²) in [6.45, 7) is 0. The topological polar surface area (TPSA) is 41.6 Å². The van der Waals surface area contributed by atoms with Crippen molar-refractivity contribution in [3.05, 3.63) is 18.2 Å². The minimum absolute atomic E-state index is 0.00931. The molecule has 1 heterocycles. The van der Waals surface area contributed by atoms with Crippen molar-refractivity contribution in [1.29, 1.82) is 0 Å². The highest BCUT2D eigenvalue weighted by molar-refractivity contribution is 8.49. The highest BCUT2D eigenvalue weighted by Crippen LogP contribution is 2.98. The zero-order valence-electron chi connectivity index (χ0n) is 7.55. The Balaban J connectivity index is 2.74. The monoisotopic (exact) mass is 241 g/mol. The van der Waals surface area contributed by atoms with E-state index in [1.165, 1.54) is 0 Å². The Hall–Kier alpha value is -1.31. The molecule has 1 aromatic heterocycles. The van der Waals surface area contributed by atoms with Gasteiger partial charge < -0.3 is 0 Å². The molecule has 1 aromatic carbocycles. The maximum absolute atomic E-state index is 13.0. The zero-order chi connectivity index (χ0) is 11.4. The van der Waals surface area contributed by atoms with Gasteiger partial charge in [-0.15, -0.1) is 15.5 Å². The third-order valence-electron chi connectivity index (χ3n) is 1.88. The Morgan fingerprint density at radius 1 is 1.07 bits per heavy atom. The summed E-state index contributed by atoms with van der Waals surface area (Å²) in [7, 11) is -8.11. The van der Waals surface area contributed by atoms with Crippen molar-refractivity contribution < 1.29 is 15.5 Å². The molecule has 0 saturated heterocycles. The van der Waals surface area contributed by atoms with Gasteiger partial charge in [-0.25, -0.2) is 0 Å². The molecule has 3 nitrogen and oxygen atoms in total. The predicted molar refractivity (Wildman–Crippen MR) is 50.1 cm³/mol. The average molecular weight is 241 g/mol. The molecule has 2 aromatic rings. The van der Waals surface area contributed by atoms with E-state index in [2.05, 4.69) is 15.4 Å². The van der Waals surface area contributed by atoms with E-state index in [1.807, 2.05) is 0 Å². The summed E-state index contributed by atoms with van der Waals surface area (Å²) in [5.74, 6) is 0. The van der Waals surface area contributed by atoms with Gasteiger partial charge in [-0.2, -0.15) is 15.4 Å². The van der Waals surface area contributed by atoms with E-state index in [0.29, 0.717) is 12.1 Å². The third-order valence-corrected chi connectivity index (χ3v) is 3.32. The van der Waals surface area contributed by atoms with E-state index in [1.54, 1.807) is 0 Å². The van der Waals surface area contributed by atoms with Crippen LogP contribution in [0.1, 0.15) is 0 Å². The van der Waals surface area contributed by atoms with E-state index in [9.17, 15) is 15.5 Å². The first kappa shape index (κ1) is 10.2. The Kier molecular flexibility index (Phi) is 1.43. The van der Waals surface area contributed by atoms with Crippen LogP contribution in [0.2, 0.25) is 0 Å². The van der Waals surface area contributed by atoms with Crippen LogP contribution in [0.15, 0.2) is 23.1 Å². The van der Waals surface area contributed by atoms with Gasteiger partial charge in [-0.3, -0.25) is 0 Å². The summed E-state index contributed by atoms with van der Waals surface area (Å²) < 4.78 is 52.0. The summed E-state index contributed by atoms with van der Waals surface area (Å²) in [6, 6.07) is 2.41. The van der Waals surface area contributed by atoms with Gasteiger partial charge in [0.05, 0.1) is 11.2 Å². The minimum atomic E-state index is -8.11. The number of H-pyrrole nitrogens is 1. The standard InChI is InChI=1S/C7H7F4N3S/c1-15(8,9,10,11)5-2-3-6-7(4-5)13-14-12-6/h2-4H,1H3,(H,12,13,14). The zero-order valence-corrected chi connectivity index (χ0v) is 8.36. The fourth-order valence-corrected chi connectivity index (χ4v) is 1.96. The van der Waals surface area contributed by atoms with E-state index in [4.69, 9.17) is 0 Å². The molecule has 0 aliphatic carbocycles. The first-order valence-electron chi connectivity index (χ1n) is 3.86. The second-order valence-corrected chi connectivity index (χ2v) is 6.89. The second-order valence-electron chi connectivity index (χ2n) is 3.45. The molecular weight excluding hydrogens is 234 g/mol. The predicted octanol–water partition coefficient (Wildman–Crippen LogP) is 3.36. The maximum Gasteiger partial charge on any atom is 0.184 e. The number of benzene rings is 1. The van der Waals surface area contributed by atoms with Crippen molar-refractivity contribution in [3.8, 4) is 0 Å². The van der Waals surface area contributed by atoms with Crippen LogP contribution in [-0.4, -0.2) is 21.7 Å². The third kappa shape index (κ3) is 1.89. The number of fused-ring (bicyclic) bond motifs is 1. The van der Waals surface area contributed by atoms with Gasteiger partial charge in [0.15, 0.2) is 9.84 Å². The van der Waals surface area contributed by atoms with Crippen LogP contribution in [0.3, 0.4) is 0 Å². The van der Waals surface area contributed by atoms with Crippen molar-refractivity contribution in [2.75, 3.05) is 6.26 Å². The fraction of sp³-hybridized carbons (Fsp3) is 0.143. The number of halogens is 4. The number of nitrogens with zero attached hydrogens (tertiary/aromatic N) is 2. The maximum atomic E-state index is 13.0. The number of aromatic nitrogens is 3. The summed E-state index contributed by atoms with van der Waals surface area (Å²) in [5.41, 5.74) is 0.255. The van der Waals surface area contributed by atoms with Gasteiger partial charge >= 0.3 is 0 Å². The Labute approximate surface area is 81.9 Å². The molecular formula is C7H7F4N3S. The molecule has 0 saturated carbocycles. The number of rotatable bonds is 1. The lowest BCUT2D eigenvalue weighted by Crippen LogP contribution is -2.10. The number of hydrogen-bond donors (Lipinski definition) is 1. The molecule has 0 atom stereocenters. The molecule has 15 heavy (non-hydrogen) atoms. The molecule has 1 N–H and O–H groups in total. The molecule has 0 unspecified atom stereocenters. The molecule has 0 amide bonds. The smallest absolute Gasteiger partial charge is 0.184 e. The quantitative estimate of drug-likeness (QED) is 0.778. The van der Waals surface area contributed by atoms with Gasteiger partial charge in [-0.1, -0.05) is 0 Å². The largest absolute Gasteiger partial charge is 0.197 e. The summed E-state index contributed by atoms with van der Waals surface area (Å²) in [5, 5.41) is 9.21. The van der Waals surface area contributed by atoms with Gasteiger partial charge in [0.2, 0.25) is 0 Å². The van der Waals surface area contributed by atoms with Crippen molar-refractivity contribution in [2.45, 2.75) is 4.90 Å². The lowest BCUT2D eigenvalue weighted by molar-refractivity contribution is 0.458. The van der Waals surface area contributed by atoms with Gasteiger partial charge in [0.25, 0.3) is 0 Å². The van der Waals surface area contributed by atoms with Crippen molar-refractivity contribution in [3.63, 3.8) is 0 Å². The minimum Gasteiger partial charge on any atom is -0.197 e. The van der Waals surface area contributed by atoms with Crippen LogP contribution in [0.25, 0.3) is 11.0 Å². The Morgan fingerprint density at radius 2 is 1.67 bits per heavy atom. The number of aromatic amines is 1. The van der Waals surface area contributed by atoms with Gasteiger partial charge in [0, 0.05) is 0 Å². The van der Waals surface area contributed by atoms with Crippen molar-refractivity contribution in [1.82, 2.24) is 15.4 Å². The van der Waals surface area contributed by atoms with E-state index >= 15 is 0 Å². The van der Waals surface area contributed by atoms with Crippen LogP contribution in [0.5, 0.6) is 0 Å². The lowest BCUT2D eigenvalue weighted by Gasteiger charge is -2.45. The average Bonchev–Trinajstić information content (AvgIpc) is 2.45. The number of hydrogen-bond acceptors (Lipinski definition) is 2. The highest BCUT2D eigenvalue weighted by atomic mass is 32.5. The first-order chi connectivity index (χ1) is 6.56. The highest BCUT2D eigenvalue weighted by Gasteiger charge is 2.59. The van der Waals surface area contributed by atoms with E-state index in [-0.39, 0.29) is 17.3 Å². The molecule has 0 radical (unpaired) electrons. The lowest BCUT2D eigenvalue weighted by atomic mass is 10.3. The van der Waals surface area contributed by atoms with Crippen LogP contribution >= 0.6 is 9.84 Å². The molecule has 0 aliphatic rings. The molecule has 0 bridgehead atoms. The molecule has 0 aliphatic heterocycles. The second kappa shape index (κ2) is 2.11. The van der Waals surface area contributed by atoms with E-state index < -0.39 is 14.7 Å². The van der Waals surface area contributed by atoms with Gasteiger partial charge in [-0.05, 0) is 18.2 Å². The van der Waals surface area contributed by atoms with Crippen molar-refractivity contribution in [2.24, 2.45) is 0 Å². The molecule has 8 heteroatoms. The normalized spacial score (nSPS) is 17.4. The molecule has 84 valence electrons. The number of nitrogens with one attached hydrogen (secondary N) is 1. The SMILES string of the molecule is CS(F)(F)(F)(F)c1ccc2n[nH]nc2c1. The summed E-state index contributed by atoms with van der Waals surface area (Å²) in [4.78, 5) is -1.30.